The van der Waals surface area contributed by atoms with Gasteiger partial charge in [0.25, 0.3) is 5.91 Å². The second kappa shape index (κ2) is 12.3. The van der Waals surface area contributed by atoms with Crippen LogP contribution in [0.25, 0.3) is 10.9 Å². The molecule has 7 rings (SSSR count). The predicted molar refractivity (Wildman–Crippen MR) is 182 cm³/mol. The molecule has 1 unspecified atom stereocenters. The maximum absolute atomic E-state index is 14.4. The van der Waals surface area contributed by atoms with Crippen LogP contribution in [0.5, 0.6) is 0 Å². The van der Waals surface area contributed by atoms with Gasteiger partial charge in [-0.15, -0.1) is 5.10 Å². The maximum atomic E-state index is 14.4. The minimum absolute atomic E-state index is 0.217. The molecule has 3 heterocycles. The number of hydrogen-bond donors (Lipinski definition) is 2. The first-order chi connectivity index (χ1) is 22.4. The Bertz CT molecular complexity index is 2120. The summed E-state index contributed by atoms with van der Waals surface area (Å²) in [5.74, 6) is 0.431. The number of aryl methyl sites for hydroxylation is 1. The molecule has 0 saturated carbocycles. The first-order valence-electron chi connectivity index (χ1n) is 15.2. The Morgan fingerprint density at radius 3 is 2.52 bits per heavy atom. The highest BCUT2D eigenvalue weighted by molar-refractivity contribution is 7.98. The highest BCUT2D eigenvalue weighted by Gasteiger charge is 2.36. The van der Waals surface area contributed by atoms with Crippen LogP contribution in [0.2, 0.25) is 0 Å². The lowest BCUT2D eigenvalue weighted by molar-refractivity contribution is -0.113. The number of rotatable bonds is 8. The quantitative estimate of drug-likeness (QED) is 0.166. The number of nitrogens with one attached hydrogen (secondary N) is 2. The molecule has 0 aliphatic carbocycles. The van der Waals surface area contributed by atoms with E-state index >= 15 is 0 Å². The normalized spacial score (nSPS) is 14.3. The summed E-state index contributed by atoms with van der Waals surface area (Å²) in [6.45, 7) is 6.62. The summed E-state index contributed by atoms with van der Waals surface area (Å²) in [5, 5.41) is 13.0. The molecular formula is C37H33FN6OS. The average molecular weight is 629 g/mol. The van der Waals surface area contributed by atoms with Crippen LogP contribution in [0, 0.1) is 19.7 Å². The van der Waals surface area contributed by atoms with E-state index < -0.39 is 6.04 Å². The van der Waals surface area contributed by atoms with Gasteiger partial charge in [-0.2, -0.15) is 4.98 Å². The highest BCUT2D eigenvalue weighted by Crippen LogP contribution is 2.41. The molecule has 1 aliphatic rings. The van der Waals surface area contributed by atoms with Crippen LogP contribution < -0.4 is 10.6 Å². The van der Waals surface area contributed by atoms with E-state index in [-0.39, 0.29) is 11.7 Å². The molecule has 4 aromatic carbocycles. The van der Waals surface area contributed by atoms with Gasteiger partial charge in [-0.25, -0.2) is 9.07 Å². The number of para-hydroxylation sites is 1. The molecule has 2 N–H and O–H groups in total. The molecule has 0 radical (unpaired) electrons. The maximum Gasteiger partial charge on any atom is 0.255 e. The van der Waals surface area contributed by atoms with Crippen molar-refractivity contribution < 1.29 is 9.18 Å². The molecule has 230 valence electrons. The predicted octanol–water partition coefficient (Wildman–Crippen LogP) is 8.26. The van der Waals surface area contributed by atoms with Gasteiger partial charge in [0.1, 0.15) is 11.9 Å². The van der Waals surface area contributed by atoms with Crippen molar-refractivity contribution in [2.24, 2.45) is 0 Å². The fourth-order valence-electron chi connectivity index (χ4n) is 6.01. The van der Waals surface area contributed by atoms with Crippen LogP contribution in [0.15, 0.2) is 120 Å². The van der Waals surface area contributed by atoms with E-state index in [0.717, 1.165) is 33.3 Å². The number of fused-ring (bicyclic) bond motifs is 2. The van der Waals surface area contributed by atoms with Crippen molar-refractivity contribution in [1.29, 1.82) is 0 Å². The molecule has 7 nitrogen and oxygen atoms in total. The van der Waals surface area contributed by atoms with Crippen molar-refractivity contribution in [2.45, 2.75) is 44.3 Å². The molecule has 9 heteroatoms. The van der Waals surface area contributed by atoms with Crippen molar-refractivity contribution in [3.63, 3.8) is 0 Å². The van der Waals surface area contributed by atoms with E-state index in [1.165, 1.54) is 23.4 Å². The van der Waals surface area contributed by atoms with Crippen LogP contribution in [0.3, 0.4) is 0 Å². The minimum Gasteiger partial charge on any atom is -0.343 e. The van der Waals surface area contributed by atoms with E-state index in [1.807, 2.05) is 75.4 Å². The number of carbonyl (C=O) groups excluding carboxylic acids is 1. The SMILES string of the molecule is CC1=C(C(=O)Nc2cccc(C)c2C)C(c2cn(Cc3ccccc3)c3ccccc23)n2nc(SCc3ccccc3F)nc2N1. The second-order valence-electron chi connectivity index (χ2n) is 11.5. The molecule has 0 fully saturated rings. The number of halogens is 1. The van der Waals surface area contributed by atoms with E-state index in [1.54, 1.807) is 16.8 Å². The number of benzene rings is 4. The third-order valence-corrected chi connectivity index (χ3v) is 9.44. The fraction of sp³-hybridized carbons (Fsp3) is 0.162. The molecule has 46 heavy (non-hydrogen) atoms. The molecule has 2 aromatic heterocycles. The Balaban J connectivity index is 1.33. The van der Waals surface area contributed by atoms with Gasteiger partial charge in [0, 0.05) is 46.3 Å². The molecule has 1 amide bonds. The summed E-state index contributed by atoms with van der Waals surface area (Å²) in [5.41, 5.74) is 7.87. The fourth-order valence-corrected chi connectivity index (χ4v) is 6.83. The van der Waals surface area contributed by atoms with E-state index in [0.29, 0.717) is 40.2 Å². The number of amides is 1. The van der Waals surface area contributed by atoms with E-state index in [4.69, 9.17) is 10.1 Å². The van der Waals surface area contributed by atoms with Crippen molar-refractivity contribution in [3.8, 4) is 0 Å². The first kappa shape index (κ1) is 29.6. The molecule has 0 saturated heterocycles. The van der Waals surface area contributed by atoms with Crippen LogP contribution in [-0.2, 0) is 17.1 Å². The molecule has 0 bridgehead atoms. The van der Waals surface area contributed by atoms with Gasteiger partial charge in [-0.3, -0.25) is 4.79 Å². The van der Waals surface area contributed by atoms with E-state index in [2.05, 4.69) is 45.7 Å². The Morgan fingerprint density at radius 1 is 0.935 bits per heavy atom. The van der Waals surface area contributed by atoms with Crippen LogP contribution in [-0.4, -0.2) is 25.2 Å². The summed E-state index contributed by atoms with van der Waals surface area (Å²) in [6, 6.07) is 30.6. The Hall–Kier alpha value is -5.15. The Kier molecular flexibility index (Phi) is 7.92. The lowest BCUT2D eigenvalue weighted by Crippen LogP contribution is -2.31. The van der Waals surface area contributed by atoms with Gasteiger partial charge in [0.2, 0.25) is 11.1 Å². The van der Waals surface area contributed by atoms with Crippen LogP contribution in [0.1, 0.15) is 40.8 Å². The summed E-state index contributed by atoms with van der Waals surface area (Å²) >= 11 is 1.36. The largest absolute Gasteiger partial charge is 0.343 e. The number of anilines is 2. The van der Waals surface area contributed by atoms with Crippen molar-refractivity contribution in [2.75, 3.05) is 10.6 Å². The lowest BCUT2D eigenvalue weighted by atomic mass is 9.94. The topological polar surface area (TPSA) is 76.8 Å². The number of aromatic nitrogens is 4. The van der Waals surface area contributed by atoms with E-state index in [9.17, 15) is 9.18 Å². The van der Waals surface area contributed by atoms with Gasteiger partial charge >= 0.3 is 0 Å². The summed E-state index contributed by atoms with van der Waals surface area (Å²) in [4.78, 5) is 19.1. The minimum atomic E-state index is -0.571. The summed E-state index contributed by atoms with van der Waals surface area (Å²) < 4.78 is 18.4. The van der Waals surface area contributed by atoms with Crippen molar-refractivity contribution in [1.82, 2.24) is 19.3 Å². The zero-order chi connectivity index (χ0) is 31.8. The van der Waals surface area contributed by atoms with Crippen LogP contribution in [0.4, 0.5) is 16.0 Å². The summed E-state index contributed by atoms with van der Waals surface area (Å²) in [6.07, 6.45) is 2.13. The smallest absolute Gasteiger partial charge is 0.255 e. The average Bonchev–Trinajstić information content (AvgIpc) is 3.63. The Morgan fingerprint density at radius 2 is 1.70 bits per heavy atom. The number of hydrogen-bond acceptors (Lipinski definition) is 5. The lowest BCUT2D eigenvalue weighted by Gasteiger charge is -2.28. The zero-order valence-corrected chi connectivity index (χ0v) is 26.6. The van der Waals surface area contributed by atoms with Gasteiger partial charge in [-0.1, -0.05) is 90.6 Å². The third-order valence-electron chi connectivity index (χ3n) is 8.55. The molecule has 1 atom stereocenters. The number of nitrogens with zero attached hydrogens (tertiary/aromatic N) is 4. The molecule has 6 aromatic rings. The number of thioether (sulfide) groups is 1. The van der Waals surface area contributed by atoms with Crippen molar-refractivity contribution in [3.05, 3.63) is 148 Å². The summed E-state index contributed by atoms with van der Waals surface area (Å²) in [7, 11) is 0. The van der Waals surface area contributed by atoms with Gasteiger partial charge in [0.15, 0.2) is 0 Å². The van der Waals surface area contributed by atoms with Gasteiger partial charge in [-0.05, 0) is 61.2 Å². The standard InChI is InChI=1S/C37H33FN6OS/c1-23-12-11-18-31(24(23)2)40-35(45)33-25(3)39-36-41-37(46-22-27-15-7-9-17-30(27)38)42-44(36)34(33)29-21-43(20-26-13-5-4-6-14-26)32-19-10-8-16-28(29)32/h4-19,21,34H,20,22H2,1-3H3,(H,40,45)(H,39,41,42). The number of carbonyl (C=O) groups is 1. The van der Waals surface area contributed by atoms with Crippen LogP contribution >= 0.6 is 11.8 Å². The first-order valence-corrected chi connectivity index (χ1v) is 16.2. The Labute approximate surface area is 271 Å². The molecular weight excluding hydrogens is 596 g/mol. The van der Waals surface area contributed by atoms with Gasteiger partial charge < -0.3 is 15.2 Å². The molecule has 1 aliphatic heterocycles. The van der Waals surface area contributed by atoms with Crippen molar-refractivity contribution >= 4 is 40.2 Å². The monoisotopic (exact) mass is 628 g/mol. The highest BCUT2D eigenvalue weighted by atomic mass is 32.2. The third kappa shape index (κ3) is 5.58. The number of allylic oxidation sites excluding steroid dienone is 1. The molecule has 0 spiro atoms. The second-order valence-corrected chi connectivity index (χ2v) is 12.5. The van der Waals surface area contributed by atoms with Gasteiger partial charge in [0.05, 0.1) is 5.57 Å². The zero-order valence-electron chi connectivity index (χ0n) is 25.8.